The van der Waals surface area contributed by atoms with Gasteiger partial charge in [0.2, 0.25) is 5.91 Å². The van der Waals surface area contributed by atoms with Crippen LogP contribution in [0.3, 0.4) is 0 Å². The number of hydrogen-bond donors (Lipinski definition) is 2. The van der Waals surface area contributed by atoms with Crippen molar-refractivity contribution in [2.24, 2.45) is 0 Å². The van der Waals surface area contributed by atoms with E-state index in [0.717, 1.165) is 43.6 Å². The maximum absolute atomic E-state index is 12.4. The minimum atomic E-state index is -0.810. The molecule has 1 aromatic rings. The van der Waals surface area contributed by atoms with Gasteiger partial charge in [-0.05, 0) is 56.5 Å². The van der Waals surface area contributed by atoms with Crippen molar-refractivity contribution in [3.63, 3.8) is 0 Å². The Morgan fingerprint density at radius 3 is 2.95 bits per heavy atom. The third-order valence-corrected chi connectivity index (χ3v) is 4.00. The van der Waals surface area contributed by atoms with E-state index in [-0.39, 0.29) is 18.4 Å². The van der Waals surface area contributed by atoms with Gasteiger partial charge in [-0.15, -0.1) is 0 Å². The third kappa shape index (κ3) is 4.56. The predicted octanol–water partition coefficient (Wildman–Crippen LogP) is 2.52. The lowest BCUT2D eigenvalue weighted by atomic mass is 10.1. The molecule has 1 aromatic carbocycles. The second kappa shape index (κ2) is 7.94. The van der Waals surface area contributed by atoms with Crippen molar-refractivity contribution < 1.29 is 14.7 Å². The van der Waals surface area contributed by atoms with Gasteiger partial charge < -0.3 is 10.4 Å². The van der Waals surface area contributed by atoms with Crippen molar-refractivity contribution >= 4 is 17.6 Å². The minimum absolute atomic E-state index is 0.0392. The molecular formula is C17H24N2O3. The summed E-state index contributed by atoms with van der Waals surface area (Å²) in [6.45, 7) is 4.07. The number of nitrogens with zero attached hydrogens (tertiary/aromatic N) is 1. The number of rotatable bonds is 7. The van der Waals surface area contributed by atoms with Crippen LogP contribution in [0.4, 0.5) is 5.69 Å². The van der Waals surface area contributed by atoms with Crippen LogP contribution in [0.1, 0.15) is 38.2 Å². The van der Waals surface area contributed by atoms with E-state index in [1.807, 2.05) is 24.3 Å². The topological polar surface area (TPSA) is 69.6 Å². The smallest absolute Gasteiger partial charge is 0.303 e. The largest absolute Gasteiger partial charge is 0.481 e. The van der Waals surface area contributed by atoms with Crippen molar-refractivity contribution in [1.82, 2.24) is 4.90 Å². The summed E-state index contributed by atoms with van der Waals surface area (Å²) >= 11 is 0. The van der Waals surface area contributed by atoms with Crippen LogP contribution in [0.15, 0.2) is 24.3 Å². The van der Waals surface area contributed by atoms with Gasteiger partial charge in [0.15, 0.2) is 0 Å². The molecule has 2 N–H and O–H groups in total. The predicted molar refractivity (Wildman–Crippen MR) is 85.9 cm³/mol. The summed E-state index contributed by atoms with van der Waals surface area (Å²) in [5.74, 6) is -0.767. The highest BCUT2D eigenvalue weighted by atomic mass is 16.4. The van der Waals surface area contributed by atoms with E-state index >= 15 is 0 Å². The minimum Gasteiger partial charge on any atom is -0.481 e. The van der Waals surface area contributed by atoms with Crippen molar-refractivity contribution in [2.75, 3.05) is 18.4 Å². The van der Waals surface area contributed by atoms with Gasteiger partial charge in [-0.25, -0.2) is 0 Å². The molecule has 0 spiro atoms. The number of benzene rings is 1. The average molecular weight is 304 g/mol. The number of likely N-dealkylation sites (tertiary alicyclic amines) is 1. The molecule has 1 amide bonds. The highest BCUT2D eigenvalue weighted by Gasteiger charge is 2.29. The van der Waals surface area contributed by atoms with Gasteiger partial charge in [-0.1, -0.05) is 19.1 Å². The summed E-state index contributed by atoms with van der Waals surface area (Å²) in [6, 6.07) is 7.41. The lowest BCUT2D eigenvalue weighted by Crippen LogP contribution is -2.39. The molecule has 0 radical (unpaired) electrons. The second-order valence-corrected chi connectivity index (χ2v) is 5.78. The number of amides is 1. The monoisotopic (exact) mass is 304 g/mol. The van der Waals surface area contributed by atoms with E-state index < -0.39 is 5.97 Å². The molecule has 1 aliphatic rings. The first kappa shape index (κ1) is 16.5. The molecule has 120 valence electrons. The average Bonchev–Trinajstić information content (AvgIpc) is 2.94. The fraction of sp³-hybridized carbons (Fsp3) is 0.529. The van der Waals surface area contributed by atoms with Crippen LogP contribution >= 0.6 is 0 Å². The zero-order valence-corrected chi connectivity index (χ0v) is 13.0. The zero-order chi connectivity index (χ0) is 15.9. The lowest BCUT2D eigenvalue weighted by Gasteiger charge is -2.23. The number of carbonyl (C=O) groups is 2. The number of carboxylic acid groups (broad SMARTS) is 1. The molecule has 0 saturated carbocycles. The third-order valence-electron chi connectivity index (χ3n) is 4.00. The normalized spacial score (nSPS) is 18.3. The molecule has 5 heteroatoms. The van der Waals surface area contributed by atoms with E-state index in [0.29, 0.717) is 6.42 Å². The Hall–Kier alpha value is -1.88. The van der Waals surface area contributed by atoms with Crippen molar-refractivity contribution in [3.8, 4) is 0 Å². The Balaban J connectivity index is 1.96. The summed E-state index contributed by atoms with van der Waals surface area (Å²) < 4.78 is 0. The van der Waals surface area contributed by atoms with Gasteiger partial charge in [0, 0.05) is 12.1 Å². The summed E-state index contributed by atoms with van der Waals surface area (Å²) in [5.41, 5.74) is 1.67. The molecular weight excluding hydrogens is 280 g/mol. The molecule has 0 aromatic heterocycles. The van der Waals surface area contributed by atoms with Crippen LogP contribution in [0.5, 0.6) is 0 Å². The quantitative estimate of drug-likeness (QED) is 0.812. The van der Waals surface area contributed by atoms with Crippen molar-refractivity contribution in [3.05, 3.63) is 29.8 Å². The Bertz CT molecular complexity index is 530. The van der Waals surface area contributed by atoms with Gasteiger partial charge in [-0.3, -0.25) is 14.5 Å². The van der Waals surface area contributed by atoms with E-state index in [2.05, 4.69) is 17.1 Å². The highest BCUT2D eigenvalue weighted by molar-refractivity contribution is 5.95. The lowest BCUT2D eigenvalue weighted by molar-refractivity contribution is -0.137. The van der Waals surface area contributed by atoms with Crippen LogP contribution in [-0.4, -0.2) is 41.0 Å². The van der Waals surface area contributed by atoms with E-state index in [1.165, 1.54) is 0 Å². The number of aliphatic carboxylic acids is 1. The summed E-state index contributed by atoms with van der Waals surface area (Å²) in [5, 5.41) is 11.7. The number of aryl methyl sites for hydroxylation is 1. The first-order valence-corrected chi connectivity index (χ1v) is 7.96. The molecule has 22 heavy (non-hydrogen) atoms. The Morgan fingerprint density at radius 2 is 2.23 bits per heavy atom. The first-order valence-electron chi connectivity index (χ1n) is 7.96. The number of hydrogen-bond acceptors (Lipinski definition) is 3. The molecule has 0 aliphatic carbocycles. The van der Waals surface area contributed by atoms with E-state index in [4.69, 9.17) is 5.11 Å². The van der Waals surface area contributed by atoms with Crippen molar-refractivity contribution in [1.29, 1.82) is 0 Å². The maximum atomic E-state index is 12.4. The Morgan fingerprint density at radius 1 is 1.41 bits per heavy atom. The molecule has 1 aliphatic heterocycles. The van der Waals surface area contributed by atoms with Crippen LogP contribution < -0.4 is 5.32 Å². The molecule has 0 bridgehead atoms. The Labute approximate surface area is 131 Å². The molecule has 1 unspecified atom stereocenters. The number of nitrogens with one attached hydrogen (secondary N) is 1. The number of carbonyl (C=O) groups excluding carboxylic acids is 1. The van der Waals surface area contributed by atoms with Crippen LogP contribution in [0.2, 0.25) is 0 Å². The Kier molecular flexibility index (Phi) is 5.95. The van der Waals surface area contributed by atoms with Crippen LogP contribution in [0.25, 0.3) is 0 Å². The van der Waals surface area contributed by atoms with E-state index in [9.17, 15) is 9.59 Å². The SMILES string of the molecule is CCCN1CCCC1C(=O)Nc1cccc(CCC(=O)O)c1. The molecule has 1 heterocycles. The standard InChI is InChI=1S/C17H24N2O3/c1-2-10-19-11-4-7-15(19)17(22)18-14-6-3-5-13(12-14)8-9-16(20)21/h3,5-6,12,15H,2,4,7-11H2,1H3,(H,18,22)(H,20,21). The van der Waals surface area contributed by atoms with Crippen LogP contribution in [-0.2, 0) is 16.0 Å². The summed E-state index contributed by atoms with van der Waals surface area (Å²) in [4.78, 5) is 25.3. The molecule has 1 saturated heterocycles. The van der Waals surface area contributed by atoms with Gasteiger partial charge in [-0.2, -0.15) is 0 Å². The van der Waals surface area contributed by atoms with E-state index in [1.54, 1.807) is 0 Å². The summed E-state index contributed by atoms with van der Waals surface area (Å²) in [7, 11) is 0. The van der Waals surface area contributed by atoms with Gasteiger partial charge in [0.05, 0.1) is 6.04 Å². The van der Waals surface area contributed by atoms with Crippen molar-refractivity contribution in [2.45, 2.75) is 45.1 Å². The van der Waals surface area contributed by atoms with Crippen LogP contribution in [0, 0.1) is 0 Å². The molecule has 5 nitrogen and oxygen atoms in total. The molecule has 1 atom stereocenters. The van der Waals surface area contributed by atoms with Gasteiger partial charge in [0.1, 0.15) is 0 Å². The molecule has 1 fully saturated rings. The van der Waals surface area contributed by atoms with Gasteiger partial charge >= 0.3 is 5.97 Å². The second-order valence-electron chi connectivity index (χ2n) is 5.78. The molecule has 2 rings (SSSR count). The summed E-state index contributed by atoms with van der Waals surface area (Å²) in [6.07, 6.45) is 3.60. The maximum Gasteiger partial charge on any atom is 0.303 e. The number of anilines is 1. The van der Waals surface area contributed by atoms with Gasteiger partial charge in [0.25, 0.3) is 0 Å². The first-order chi connectivity index (χ1) is 10.6. The zero-order valence-electron chi connectivity index (χ0n) is 13.0. The fourth-order valence-corrected chi connectivity index (χ4v) is 2.96. The highest BCUT2D eigenvalue weighted by Crippen LogP contribution is 2.20. The fourth-order valence-electron chi connectivity index (χ4n) is 2.96. The number of carboxylic acids is 1.